The second-order valence-corrected chi connectivity index (χ2v) is 4.84. The number of nitrogens with one attached hydrogen (secondary N) is 2. The number of nitrogens with zero attached hydrogens (tertiary/aromatic N) is 1. The van der Waals surface area contributed by atoms with Crippen molar-refractivity contribution >= 4 is 24.1 Å². The largest absolute Gasteiger partial charge is 0.505 e. The summed E-state index contributed by atoms with van der Waals surface area (Å²) >= 11 is 0. The van der Waals surface area contributed by atoms with Gasteiger partial charge in [0.25, 0.3) is 11.8 Å². The normalized spacial score (nSPS) is 11.0. The molecule has 0 radical (unpaired) electrons. The van der Waals surface area contributed by atoms with E-state index in [-0.39, 0.29) is 0 Å². The number of hydrogen-bond acceptors (Lipinski definition) is 5. The summed E-state index contributed by atoms with van der Waals surface area (Å²) < 4.78 is 13.2. The zero-order valence-corrected chi connectivity index (χ0v) is 12.8. The van der Waals surface area contributed by atoms with E-state index < -0.39 is 23.4 Å². The third-order valence-corrected chi connectivity index (χ3v) is 3.04. The number of halogens is 1. The number of phenolic OH excluding ortho intramolecular Hbond substituents is 1. The Morgan fingerprint density at radius 1 is 1.12 bits per heavy atom. The van der Waals surface area contributed by atoms with Gasteiger partial charge in [-0.2, -0.15) is 5.10 Å². The van der Waals surface area contributed by atoms with E-state index in [1.807, 2.05) is 0 Å². The highest BCUT2D eigenvalue weighted by atomic mass is 19.1. The lowest BCUT2D eigenvalue weighted by molar-refractivity contribution is -0.124. The number of hydrogen-bond donors (Lipinski definition) is 4. The smallest absolute Gasteiger partial charge is 0.271 e. The van der Waals surface area contributed by atoms with Crippen LogP contribution in [-0.2, 0) is 4.79 Å². The number of aromatic hydroxyl groups is 1. The second kappa shape index (κ2) is 8.37. The number of benzene rings is 2. The first-order valence-electron chi connectivity index (χ1n) is 7.04. The molecule has 0 spiro atoms. The van der Waals surface area contributed by atoms with Crippen LogP contribution in [0.15, 0.2) is 53.6 Å². The van der Waals surface area contributed by atoms with Gasteiger partial charge in [-0.3, -0.25) is 14.8 Å². The van der Waals surface area contributed by atoms with E-state index in [1.165, 1.54) is 36.0 Å². The monoisotopic (exact) mass is 343 g/mol. The SMILES string of the molecule is O=C(C=Cc1cccc(C(=O)NN=Cc2ccc(O)c(F)c2)c1)NO. The Labute approximate surface area is 142 Å². The maximum Gasteiger partial charge on any atom is 0.271 e. The number of rotatable bonds is 5. The van der Waals surface area contributed by atoms with Gasteiger partial charge in [-0.1, -0.05) is 12.1 Å². The van der Waals surface area contributed by atoms with E-state index in [1.54, 1.807) is 18.2 Å². The maximum atomic E-state index is 13.2. The molecule has 0 saturated carbocycles. The van der Waals surface area contributed by atoms with Crippen molar-refractivity contribution in [2.24, 2.45) is 5.10 Å². The summed E-state index contributed by atoms with van der Waals surface area (Å²) in [5.74, 6) is -2.46. The third kappa shape index (κ3) is 5.26. The van der Waals surface area contributed by atoms with Crippen molar-refractivity contribution in [3.05, 3.63) is 71.0 Å². The van der Waals surface area contributed by atoms with Gasteiger partial charge in [0.1, 0.15) is 0 Å². The number of amides is 2. The van der Waals surface area contributed by atoms with Gasteiger partial charge in [0, 0.05) is 11.6 Å². The number of carbonyl (C=O) groups excluding carboxylic acids is 2. The standard InChI is InChI=1S/C17H14FN3O4/c18-14-9-12(4-6-15(14)22)10-19-20-17(24)13-3-1-2-11(8-13)5-7-16(23)21-25/h1-10,22,25H,(H,20,24)(H,21,23). The van der Waals surface area contributed by atoms with Crippen molar-refractivity contribution in [3.63, 3.8) is 0 Å². The first-order chi connectivity index (χ1) is 12.0. The Hall–Kier alpha value is -3.52. The molecule has 0 bridgehead atoms. The summed E-state index contributed by atoms with van der Waals surface area (Å²) in [5.41, 5.74) is 4.97. The van der Waals surface area contributed by atoms with Crippen molar-refractivity contribution < 1.29 is 24.3 Å². The van der Waals surface area contributed by atoms with Crippen LogP contribution in [0.5, 0.6) is 5.75 Å². The van der Waals surface area contributed by atoms with Crippen LogP contribution in [0, 0.1) is 5.82 Å². The molecule has 8 heteroatoms. The zero-order valence-electron chi connectivity index (χ0n) is 12.8. The number of hydroxylamine groups is 1. The van der Waals surface area contributed by atoms with Crippen LogP contribution in [-0.4, -0.2) is 28.3 Å². The quantitative estimate of drug-likeness (QED) is 0.287. The van der Waals surface area contributed by atoms with Gasteiger partial charge < -0.3 is 5.11 Å². The molecule has 128 valence electrons. The zero-order chi connectivity index (χ0) is 18.2. The maximum absolute atomic E-state index is 13.2. The Morgan fingerprint density at radius 3 is 2.64 bits per heavy atom. The summed E-state index contributed by atoms with van der Waals surface area (Å²) in [7, 11) is 0. The summed E-state index contributed by atoms with van der Waals surface area (Å²) in [6, 6.07) is 10.0. The van der Waals surface area contributed by atoms with Gasteiger partial charge in [-0.05, 0) is 47.5 Å². The fraction of sp³-hybridized carbons (Fsp3) is 0. The Bertz CT molecular complexity index is 850. The third-order valence-electron chi connectivity index (χ3n) is 3.04. The molecule has 0 heterocycles. The van der Waals surface area contributed by atoms with Crippen LogP contribution in [0.1, 0.15) is 21.5 Å². The molecule has 0 aliphatic heterocycles. The fourth-order valence-corrected chi connectivity index (χ4v) is 1.83. The lowest BCUT2D eigenvalue weighted by Gasteiger charge is -2.01. The molecule has 2 amide bonds. The predicted molar refractivity (Wildman–Crippen MR) is 88.5 cm³/mol. The minimum absolute atomic E-state index is 0.292. The van der Waals surface area contributed by atoms with Crippen molar-refractivity contribution in [2.75, 3.05) is 0 Å². The van der Waals surface area contributed by atoms with E-state index in [0.29, 0.717) is 16.7 Å². The average molecular weight is 343 g/mol. The lowest BCUT2D eigenvalue weighted by atomic mass is 10.1. The summed E-state index contributed by atoms with van der Waals surface area (Å²) in [4.78, 5) is 23.0. The van der Waals surface area contributed by atoms with E-state index in [4.69, 9.17) is 10.3 Å². The molecule has 4 N–H and O–H groups in total. The van der Waals surface area contributed by atoms with Crippen molar-refractivity contribution in [1.29, 1.82) is 0 Å². The molecule has 0 aliphatic carbocycles. The van der Waals surface area contributed by atoms with Gasteiger partial charge in [0.2, 0.25) is 0 Å². The average Bonchev–Trinajstić information content (AvgIpc) is 2.62. The number of carbonyl (C=O) groups is 2. The molecule has 0 aromatic heterocycles. The van der Waals surface area contributed by atoms with Gasteiger partial charge in [0.05, 0.1) is 6.21 Å². The van der Waals surface area contributed by atoms with E-state index in [2.05, 4.69) is 10.5 Å². The molecule has 0 saturated heterocycles. The highest BCUT2D eigenvalue weighted by molar-refractivity contribution is 5.96. The predicted octanol–water partition coefficient (Wildman–Crippen LogP) is 1.81. The molecular weight excluding hydrogens is 329 g/mol. The van der Waals surface area contributed by atoms with Crippen molar-refractivity contribution in [1.82, 2.24) is 10.9 Å². The topological polar surface area (TPSA) is 111 Å². The minimum atomic E-state index is -0.790. The lowest BCUT2D eigenvalue weighted by Crippen LogP contribution is -2.17. The number of phenols is 1. The van der Waals surface area contributed by atoms with E-state index in [0.717, 1.165) is 12.1 Å². The van der Waals surface area contributed by atoms with Gasteiger partial charge >= 0.3 is 0 Å². The number of hydrazone groups is 1. The first kappa shape index (κ1) is 17.8. The highest BCUT2D eigenvalue weighted by Crippen LogP contribution is 2.14. The molecule has 0 aliphatic rings. The molecule has 25 heavy (non-hydrogen) atoms. The van der Waals surface area contributed by atoms with Crippen molar-refractivity contribution in [3.8, 4) is 5.75 Å². The molecule has 2 aromatic carbocycles. The molecule has 2 aromatic rings. The minimum Gasteiger partial charge on any atom is -0.505 e. The summed E-state index contributed by atoms with van der Waals surface area (Å²) in [6.45, 7) is 0. The molecular formula is C17H14FN3O4. The molecule has 0 fully saturated rings. The van der Waals surface area contributed by atoms with Crippen LogP contribution in [0.2, 0.25) is 0 Å². The highest BCUT2D eigenvalue weighted by Gasteiger charge is 2.05. The summed E-state index contributed by atoms with van der Waals surface area (Å²) in [5, 5.41) is 21.2. The van der Waals surface area contributed by atoms with E-state index >= 15 is 0 Å². The second-order valence-electron chi connectivity index (χ2n) is 4.84. The Morgan fingerprint density at radius 2 is 1.92 bits per heavy atom. The van der Waals surface area contributed by atoms with Crippen LogP contribution in [0.4, 0.5) is 4.39 Å². The fourth-order valence-electron chi connectivity index (χ4n) is 1.83. The Kier molecular flexibility index (Phi) is 5.97. The van der Waals surface area contributed by atoms with Crippen LogP contribution < -0.4 is 10.9 Å². The van der Waals surface area contributed by atoms with Crippen LogP contribution in [0.25, 0.3) is 6.08 Å². The summed E-state index contributed by atoms with van der Waals surface area (Å²) in [6.07, 6.45) is 3.76. The molecule has 0 unspecified atom stereocenters. The van der Waals surface area contributed by atoms with Gasteiger partial charge in [-0.15, -0.1) is 0 Å². The van der Waals surface area contributed by atoms with Gasteiger partial charge in [-0.25, -0.2) is 15.3 Å². The first-order valence-corrected chi connectivity index (χ1v) is 7.04. The van der Waals surface area contributed by atoms with Crippen molar-refractivity contribution in [2.45, 2.75) is 0 Å². The molecule has 0 atom stereocenters. The van der Waals surface area contributed by atoms with E-state index in [9.17, 15) is 14.0 Å². The van der Waals surface area contributed by atoms with Crippen LogP contribution >= 0.6 is 0 Å². The van der Waals surface area contributed by atoms with Crippen LogP contribution in [0.3, 0.4) is 0 Å². The molecule has 7 nitrogen and oxygen atoms in total. The van der Waals surface area contributed by atoms with Gasteiger partial charge in [0.15, 0.2) is 11.6 Å². The molecule has 2 rings (SSSR count). The Balaban J connectivity index is 2.03.